The molecule has 1 aromatic rings. The van der Waals surface area contributed by atoms with Gasteiger partial charge in [-0.05, 0) is 12.1 Å². The van der Waals surface area contributed by atoms with Crippen molar-refractivity contribution >= 4 is 17.6 Å². The molecule has 0 radical (unpaired) electrons. The van der Waals surface area contributed by atoms with Crippen molar-refractivity contribution < 1.29 is 14.1 Å². The second-order valence-electron chi connectivity index (χ2n) is 5.14. The Bertz CT molecular complexity index is 695. The van der Waals surface area contributed by atoms with Crippen molar-refractivity contribution in [2.75, 3.05) is 12.4 Å². The molecule has 3 N–H and O–H groups in total. The Morgan fingerprint density at radius 2 is 2.30 bits per heavy atom. The molecule has 4 rings (SSSR count). The van der Waals surface area contributed by atoms with Gasteiger partial charge >= 0.3 is 0 Å². The number of hydrogen-bond acceptors (Lipinski definition) is 6. The van der Waals surface area contributed by atoms with Gasteiger partial charge in [0.1, 0.15) is 5.76 Å². The van der Waals surface area contributed by atoms with E-state index in [1.54, 1.807) is 18.4 Å². The SMILES string of the molecule is N#C[C@@]12[C@H](c3ccco3)[C@]1(C#N)C(N)=[NH+][C@@]21OCCS1. The maximum atomic E-state index is 9.83. The van der Waals surface area contributed by atoms with Gasteiger partial charge in [0.05, 0.1) is 30.9 Å². The van der Waals surface area contributed by atoms with Gasteiger partial charge in [-0.25, -0.2) is 4.99 Å². The molecule has 4 atom stereocenters. The van der Waals surface area contributed by atoms with Gasteiger partial charge in [-0.15, -0.1) is 0 Å². The number of rotatable bonds is 1. The van der Waals surface area contributed by atoms with Gasteiger partial charge in [0.2, 0.25) is 0 Å². The molecule has 1 spiro atoms. The zero-order chi connectivity index (χ0) is 14.0. The zero-order valence-corrected chi connectivity index (χ0v) is 11.2. The van der Waals surface area contributed by atoms with Gasteiger partial charge in [-0.2, -0.15) is 10.5 Å². The number of nitrogens with two attached hydrogens (primary N) is 1. The molecule has 2 fully saturated rings. The minimum absolute atomic E-state index is 0.303. The molecule has 1 aliphatic carbocycles. The van der Waals surface area contributed by atoms with Crippen molar-refractivity contribution in [2.45, 2.75) is 11.0 Å². The summed E-state index contributed by atoms with van der Waals surface area (Å²) in [6.45, 7) is 0.529. The molecule has 1 saturated carbocycles. The second kappa shape index (κ2) is 3.38. The Morgan fingerprint density at radius 1 is 1.45 bits per heavy atom. The van der Waals surface area contributed by atoms with Crippen LogP contribution in [0.5, 0.6) is 0 Å². The number of furan rings is 1. The molecule has 0 bridgehead atoms. The zero-order valence-electron chi connectivity index (χ0n) is 10.4. The lowest BCUT2D eigenvalue weighted by atomic mass is 9.95. The molecule has 100 valence electrons. The van der Waals surface area contributed by atoms with E-state index in [0.717, 1.165) is 5.75 Å². The number of nitrogens with one attached hydrogen (secondary N) is 1. The third-order valence-corrected chi connectivity index (χ3v) is 5.84. The molecular weight excluding hydrogens is 276 g/mol. The fourth-order valence-corrected chi connectivity index (χ4v) is 5.06. The van der Waals surface area contributed by atoms with Crippen molar-refractivity contribution in [3.63, 3.8) is 0 Å². The Labute approximate surface area is 119 Å². The molecular formula is C13H11N4O2S+. The normalized spacial score (nSPS) is 44.7. The average Bonchev–Trinajstić information content (AvgIpc) is 2.93. The van der Waals surface area contributed by atoms with E-state index in [4.69, 9.17) is 14.9 Å². The van der Waals surface area contributed by atoms with Gasteiger partial charge in [0, 0.05) is 5.75 Å². The van der Waals surface area contributed by atoms with Crippen LogP contribution in [0.25, 0.3) is 0 Å². The third-order valence-electron chi connectivity index (χ3n) is 4.52. The summed E-state index contributed by atoms with van der Waals surface area (Å²) in [6.07, 6.45) is 1.54. The molecule has 2 aliphatic heterocycles. The van der Waals surface area contributed by atoms with E-state index in [0.29, 0.717) is 18.2 Å². The summed E-state index contributed by atoms with van der Waals surface area (Å²) in [5.41, 5.74) is 3.94. The van der Waals surface area contributed by atoms with Crippen molar-refractivity contribution in [3.8, 4) is 12.1 Å². The summed E-state index contributed by atoms with van der Waals surface area (Å²) in [5.74, 6) is 1.27. The molecule has 1 aromatic heterocycles. The Balaban J connectivity index is 1.96. The van der Waals surface area contributed by atoms with Gasteiger partial charge < -0.3 is 9.15 Å². The first-order valence-corrected chi connectivity index (χ1v) is 7.22. The summed E-state index contributed by atoms with van der Waals surface area (Å²) < 4.78 is 11.2. The fraction of sp³-hybridized carbons (Fsp3) is 0.462. The maximum absolute atomic E-state index is 9.83. The number of nitriles is 2. The summed E-state index contributed by atoms with van der Waals surface area (Å²) >= 11 is 1.49. The summed E-state index contributed by atoms with van der Waals surface area (Å²) in [5, 5.41) is 18.6. The first-order valence-electron chi connectivity index (χ1n) is 6.23. The van der Waals surface area contributed by atoms with Gasteiger partial charge in [-0.1, -0.05) is 11.8 Å². The highest BCUT2D eigenvalue weighted by Gasteiger charge is 2.97. The first kappa shape index (κ1) is 11.8. The molecule has 20 heavy (non-hydrogen) atoms. The Morgan fingerprint density at radius 3 is 2.85 bits per heavy atom. The number of nitrogens with zero attached hydrogens (tertiary/aromatic N) is 2. The van der Waals surface area contributed by atoms with E-state index in [1.807, 2.05) is 0 Å². The lowest BCUT2D eigenvalue weighted by Crippen LogP contribution is -2.88. The van der Waals surface area contributed by atoms with Gasteiger partial charge in [0.15, 0.2) is 10.8 Å². The van der Waals surface area contributed by atoms with Crippen LogP contribution in [0.15, 0.2) is 22.8 Å². The van der Waals surface area contributed by atoms with E-state index in [-0.39, 0.29) is 0 Å². The number of hydrogen-bond donors (Lipinski definition) is 2. The van der Waals surface area contributed by atoms with Crippen molar-refractivity contribution in [1.82, 2.24) is 0 Å². The van der Waals surface area contributed by atoms with E-state index in [9.17, 15) is 10.5 Å². The number of amidine groups is 1. The van der Waals surface area contributed by atoms with Crippen LogP contribution in [0.1, 0.15) is 11.7 Å². The van der Waals surface area contributed by atoms with Crippen LogP contribution in [-0.2, 0) is 4.74 Å². The predicted octanol–water partition coefficient (Wildman–Crippen LogP) is -0.735. The molecule has 3 aliphatic rings. The summed E-state index contributed by atoms with van der Waals surface area (Å²) in [7, 11) is 0. The number of thioether (sulfide) groups is 1. The van der Waals surface area contributed by atoms with E-state index in [2.05, 4.69) is 17.1 Å². The smallest absolute Gasteiger partial charge is 0.277 e. The highest BCUT2D eigenvalue weighted by Crippen LogP contribution is 2.80. The average molecular weight is 287 g/mol. The van der Waals surface area contributed by atoms with Gasteiger partial charge in [0.25, 0.3) is 10.9 Å². The van der Waals surface area contributed by atoms with Crippen LogP contribution in [-0.4, -0.2) is 23.3 Å². The van der Waals surface area contributed by atoms with Crippen LogP contribution in [0.3, 0.4) is 0 Å². The van der Waals surface area contributed by atoms with E-state index >= 15 is 0 Å². The minimum atomic E-state index is -1.09. The van der Waals surface area contributed by atoms with Crippen LogP contribution in [0, 0.1) is 33.5 Å². The quantitative estimate of drug-likeness (QED) is 0.704. The van der Waals surface area contributed by atoms with Crippen LogP contribution >= 0.6 is 11.8 Å². The first-order chi connectivity index (χ1) is 9.68. The van der Waals surface area contributed by atoms with Crippen molar-refractivity contribution in [3.05, 3.63) is 24.2 Å². The topological polar surface area (TPSA) is 110 Å². The summed E-state index contributed by atoms with van der Waals surface area (Å²) in [4.78, 5) is 3.05. The predicted molar refractivity (Wildman–Crippen MR) is 68.8 cm³/mol. The standard InChI is InChI=1S/C13H10N4O2S/c14-6-11-9(8-2-1-3-18-8)12(11,7-15)13(17-10(11)16)19-4-5-20-13/h1-3,9H,4-5H2,(H2,16,17)/p+1/t9-,11-,12-,13-/m1/s1. The van der Waals surface area contributed by atoms with E-state index in [1.165, 1.54) is 11.8 Å². The minimum Gasteiger partial charge on any atom is -0.469 e. The van der Waals surface area contributed by atoms with Crippen molar-refractivity contribution in [2.24, 2.45) is 16.6 Å². The fourth-order valence-electron chi connectivity index (χ4n) is 3.70. The molecule has 7 heteroatoms. The lowest BCUT2D eigenvalue weighted by Gasteiger charge is -2.23. The third kappa shape index (κ3) is 0.913. The molecule has 3 heterocycles. The maximum Gasteiger partial charge on any atom is 0.277 e. The number of fused-ring (bicyclic) bond motifs is 2. The van der Waals surface area contributed by atoms with Crippen LogP contribution in [0.4, 0.5) is 0 Å². The number of ether oxygens (including phenoxy) is 1. The monoisotopic (exact) mass is 287 g/mol. The molecule has 1 saturated heterocycles. The second-order valence-corrected chi connectivity index (χ2v) is 6.41. The lowest BCUT2D eigenvalue weighted by molar-refractivity contribution is -0.583. The highest BCUT2D eigenvalue weighted by molar-refractivity contribution is 8.00. The molecule has 0 aromatic carbocycles. The van der Waals surface area contributed by atoms with Crippen LogP contribution < -0.4 is 10.7 Å². The van der Waals surface area contributed by atoms with Gasteiger partial charge in [-0.3, -0.25) is 5.73 Å². The Hall–Kier alpha value is -1.96. The van der Waals surface area contributed by atoms with Crippen molar-refractivity contribution in [1.29, 1.82) is 10.5 Å². The Kier molecular flexibility index (Phi) is 2.00. The largest absolute Gasteiger partial charge is 0.469 e. The molecule has 0 amide bonds. The van der Waals surface area contributed by atoms with Crippen LogP contribution in [0.2, 0.25) is 0 Å². The van der Waals surface area contributed by atoms with E-state index < -0.39 is 21.8 Å². The summed E-state index contributed by atoms with van der Waals surface area (Å²) in [6, 6.07) is 8.09. The molecule has 6 nitrogen and oxygen atoms in total. The highest BCUT2D eigenvalue weighted by atomic mass is 32.2. The molecule has 0 unspecified atom stereocenters.